The van der Waals surface area contributed by atoms with Crippen molar-refractivity contribution in [1.82, 2.24) is 4.42 Å². The number of nitrogens with two attached hydrogens (primary N) is 1. The molecule has 58 valence electrons. The van der Waals surface area contributed by atoms with Gasteiger partial charge in [0.1, 0.15) is 5.50 Å². The van der Waals surface area contributed by atoms with Gasteiger partial charge in [-0.05, 0) is 18.2 Å². The molecule has 0 radical (unpaired) electrons. The third kappa shape index (κ3) is 2.36. The fourth-order valence-corrected chi connectivity index (χ4v) is 1.21. The van der Waals surface area contributed by atoms with Crippen LogP contribution in [0.5, 0.6) is 0 Å². The third-order valence-electron chi connectivity index (χ3n) is 1.30. The van der Waals surface area contributed by atoms with Crippen LogP contribution in [-0.2, 0) is 21.1 Å². The second-order valence-electron chi connectivity index (χ2n) is 1.95. The molecule has 0 aromatic carbocycles. The fourth-order valence-electron chi connectivity index (χ4n) is 0.741. The van der Waals surface area contributed by atoms with E-state index in [-0.39, 0.29) is 32.6 Å². The molecule has 1 heterocycles. The molecule has 2 N–H and O–H groups in total. The van der Waals surface area contributed by atoms with Gasteiger partial charge >= 0.3 is 0 Å². The van der Waals surface area contributed by atoms with Crippen LogP contribution in [0, 0.1) is 0 Å². The molecule has 2 nitrogen and oxygen atoms in total. The quantitative estimate of drug-likeness (QED) is 0.397. The van der Waals surface area contributed by atoms with Crippen LogP contribution >= 0.6 is 23.4 Å². The van der Waals surface area contributed by atoms with Gasteiger partial charge in [0.2, 0.25) is 0 Å². The van der Waals surface area contributed by atoms with Crippen LogP contribution in [0.2, 0.25) is 0 Å². The monoisotopic (exact) mass is 349 g/mol. The maximum absolute atomic E-state index is 5.68. The van der Waals surface area contributed by atoms with Gasteiger partial charge < -0.3 is 5.73 Å². The van der Waals surface area contributed by atoms with Gasteiger partial charge in [0.15, 0.2) is 0 Å². The Hall–Kier alpha value is 1.19. The van der Waals surface area contributed by atoms with Crippen molar-refractivity contribution in [3.8, 4) is 0 Å². The molecule has 9 heavy (non-hydrogen) atoms. The summed E-state index contributed by atoms with van der Waals surface area (Å²) in [6.07, 6.45) is 0.900. The number of nitrogens with zero attached hydrogens (tertiary/aromatic N) is 1. The normalized spacial score (nSPS) is 36.3. The SMILES string of the molecule is N[C@@H]1CCN(Cl)[C@@H]1Cl.[Pt]. The van der Waals surface area contributed by atoms with Crippen molar-refractivity contribution in [3.63, 3.8) is 0 Å². The maximum atomic E-state index is 5.68. The summed E-state index contributed by atoms with van der Waals surface area (Å²) in [6, 6.07) is 0.0502. The zero-order valence-electron chi connectivity index (χ0n) is 4.67. The Morgan fingerprint density at radius 3 is 2.22 bits per heavy atom. The average molecular weight is 350 g/mol. The summed E-state index contributed by atoms with van der Waals surface area (Å²) in [5.74, 6) is 0. The van der Waals surface area contributed by atoms with E-state index in [1.165, 1.54) is 4.42 Å². The Labute approximate surface area is 79.0 Å². The topological polar surface area (TPSA) is 29.3 Å². The van der Waals surface area contributed by atoms with Crippen molar-refractivity contribution < 1.29 is 21.1 Å². The average Bonchev–Trinajstić information content (AvgIpc) is 1.98. The summed E-state index contributed by atoms with van der Waals surface area (Å²) in [4.78, 5) is 0. The van der Waals surface area contributed by atoms with E-state index in [0.29, 0.717) is 0 Å². The van der Waals surface area contributed by atoms with Gasteiger partial charge in [0.05, 0.1) is 0 Å². The molecule has 0 saturated carbocycles. The molecule has 0 amide bonds. The van der Waals surface area contributed by atoms with Gasteiger partial charge in [0, 0.05) is 33.7 Å². The van der Waals surface area contributed by atoms with E-state index in [2.05, 4.69) is 0 Å². The molecule has 0 bridgehead atoms. The minimum Gasteiger partial charge on any atom is -0.325 e. The van der Waals surface area contributed by atoms with Crippen molar-refractivity contribution in [3.05, 3.63) is 0 Å². The Balaban J connectivity index is 0.000000640. The van der Waals surface area contributed by atoms with Crippen LogP contribution < -0.4 is 5.73 Å². The van der Waals surface area contributed by atoms with Crippen LogP contribution in [0.4, 0.5) is 0 Å². The van der Waals surface area contributed by atoms with Crippen molar-refractivity contribution in [2.45, 2.75) is 18.0 Å². The molecule has 0 aromatic rings. The van der Waals surface area contributed by atoms with E-state index < -0.39 is 0 Å². The van der Waals surface area contributed by atoms with Crippen molar-refractivity contribution in [1.29, 1.82) is 0 Å². The Morgan fingerprint density at radius 1 is 1.56 bits per heavy atom. The fraction of sp³-hybridized carbons (Fsp3) is 1.00. The van der Waals surface area contributed by atoms with Crippen molar-refractivity contribution in [2.24, 2.45) is 5.73 Å². The van der Waals surface area contributed by atoms with Gasteiger partial charge in [-0.1, -0.05) is 0 Å². The number of hydrogen-bond donors (Lipinski definition) is 1. The molecule has 0 unspecified atom stereocenters. The molecule has 0 spiro atoms. The zero-order chi connectivity index (χ0) is 6.15. The standard InChI is InChI=1S/C4H8Cl2N2.Pt/c5-4-3(7)1-2-8(4)6;/h3-4H,1-2,7H2;/t3-,4+;/m1./s1. The molecule has 0 aliphatic carbocycles. The van der Waals surface area contributed by atoms with Gasteiger partial charge in [-0.2, -0.15) is 0 Å². The molecule has 5 heteroatoms. The summed E-state index contributed by atoms with van der Waals surface area (Å²) in [7, 11) is 0. The predicted molar refractivity (Wildman–Crippen MR) is 34.8 cm³/mol. The molecule has 1 aliphatic rings. The molecule has 1 fully saturated rings. The van der Waals surface area contributed by atoms with E-state index in [0.717, 1.165) is 13.0 Å². The smallest absolute Gasteiger partial charge is 0.114 e. The van der Waals surface area contributed by atoms with Crippen LogP contribution in [0.1, 0.15) is 6.42 Å². The first-order valence-electron chi connectivity index (χ1n) is 2.54. The maximum Gasteiger partial charge on any atom is 0.114 e. The molecule has 1 rings (SSSR count). The summed E-state index contributed by atoms with van der Waals surface area (Å²) >= 11 is 11.3. The van der Waals surface area contributed by atoms with Crippen molar-refractivity contribution in [2.75, 3.05) is 6.54 Å². The molecule has 1 aliphatic heterocycles. The van der Waals surface area contributed by atoms with E-state index in [9.17, 15) is 0 Å². The van der Waals surface area contributed by atoms with Crippen LogP contribution in [-0.4, -0.2) is 22.5 Å². The second-order valence-corrected chi connectivity index (χ2v) is 2.83. The van der Waals surface area contributed by atoms with Gasteiger partial charge in [-0.3, -0.25) is 0 Å². The number of hydrogen-bond acceptors (Lipinski definition) is 2. The number of rotatable bonds is 0. The van der Waals surface area contributed by atoms with Gasteiger partial charge in [0.25, 0.3) is 0 Å². The first kappa shape index (κ1) is 10.2. The largest absolute Gasteiger partial charge is 0.325 e. The number of halogens is 2. The number of alkyl halides is 1. The van der Waals surface area contributed by atoms with Gasteiger partial charge in [-0.25, -0.2) is 4.42 Å². The van der Waals surface area contributed by atoms with E-state index in [1.807, 2.05) is 0 Å². The Kier molecular flexibility index (Phi) is 4.69. The summed E-state index contributed by atoms with van der Waals surface area (Å²) < 4.78 is 1.53. The predicted octanol–water partition coefficient (Wildman–Crippen LogP) is 0.736. The van der Waals surface area contributed by atoms with E-state index in [4.69, 9.17) is 29.1 Å². The zero-order valence-corrected chi connectivity index (χ0v) is 8.45. The Bertz CT molecular complexity index is 82.6. The van der Waals surface area contributed by atoms with Gasteiger partial charge in [-0.15, -0.1) is 11.6 Å². The van der Waals surface area contributed by atoms with Crippen LogP contribution in [0.3, 0.4) is 0 Å². The third-order valence-corrected chi connectivity index (χ3v) is 2.34. The minimum atomic E-state index is -0.170. The molecule has 2 atom stereocenters. The minimum absolute atomic E-state index is 0. The summed E-state index contributed by atoms with van der Waals surface area (Å²) in [5, 5.41) is 0. The summed E-state index contributed by atoms with van der Waals surface area (Å²) in [5.41, 5.74) is 5.34. The Morgan fingerprint density at radius 2 is 2.11 bits per heavy atom. The molecule has 0 aromatic heterocycles. The second kappa shape index (κ2) is 4.15. The van der Waals surface area contributed by atoms with E-state index >= 15 is 0 Å². The first-order valence-corrected chi connectivity index (χ1v) is 3.31. The van der Waals surface area contributed by atoms with Crippen LogP contribution in [0.25, 0.3) is 0 Å². The molecule has 1 saturated heterocycles. The summed E-state index contributed by atoms with van der Waals surface area (Å²) in [6.45, 7) is 0.802. The molecular formula is C4H8Cl2N2Pt. The van der Waals surface area contributed by atoms with Crippen LogP contribution in [0.15, 0.2) is 0 Å². The van der Waals surface area contributed by atoms with E-state index in [1.54, 1.807) is 0 Å². The van der Waals surface area contributed by atoms with Crippen molar-refractivity contribution >= 4 is 23.4 Å². The molecular weight excluding hydrogens is 342 g/mol. The first-order chi connectivity index (χ1) is 3.72.